The van der Waals surface area contributed by atoms with Crippen molar-refractivity contribution in [1.29, 1.82) is 0 Å². The van der Waals surface area contributed by atoms with Gasteiger partial charge in [0, 0.05) is 12.2 Å². The van der Waals surface area contributed by atoms with Gasteiger partial charge in [-0.3, -0.25) is 0 Å². The zero-order valence-corrected chi connectivity index (χ0v) is 13.3. The number of anilines is 1. The van der Waals surface area contributed by atoms with Gasteiger partial charge < -0.3 is 10.4 Å². The number of alkyl halides is 3. The van der Waals surface area contributed by atoms with Crippen LogP contribution >= 0.6 is 34.2 Å². The number of aromatic nitrogens is 1. The summed E-state index contributed by atoms with van der Waals surface area (Å²) in [5.41, 5.74) is -1.79. The summed E-state index contributed by atoms with van der Waals surface area (Å²) in [5, 5.41) is 13.1. The van der Waals surface area contributed by atoms with E-state index in [1.165, 1.54) is 0 Å². The van der Waals surface area contributed by atoms with Crippen molar-refractivity contribution in [2.75, 3.05) is 5.32 Å². The van der Waals surface area contributed by atoms with Crippen LogP contribution in [0.15, 0.2) is 12.3 Å². The second kappa shape index (κ2) is 5.84. The van der Waals surface area contributed by atoms with Crippen molar-refractivity contribution < 1.29 is 18.3 Å². The molecule has 0 aliphatic heterocycles. The molecule has 2 N–H and O–H groups in total. The van der Waals surface area contributed by atoms with Crippen molar-refractivity contribution in [3.63, 3.8) is 0 Å². The van der Waals surface area contributed by atoms with Crippen molar-refractivity contribution in [2.24, 2.45) is 0 Å². The standard InChI is InChI=1S/C12H13ClF3IN2O/c13-10-5-9(8(17)6-18-10)19-7-1-3-11(20,4-2-7)12(14,15)16/h5-7,20H,1-4H2,(H,18,19). The lowest BCUT2D eigenvalue weighted by atomic mass is 9.81. The Hall–Kier alpha value is -0.280. The molecule has 0 atom stereocenters. The molecule has 1 aliphatic rings. The molecular formula is C12H13ClF3IN2O. The van der Waals surface area contributed by atoms with Gasteiger partial charge in [0.2, 0.25) is 0 Å². The summed E-state index contributed by atoms with van der Waals surface area (Å²) in [7, 11) is 0. The van der Waals surface area contributed by atoms with Gasteiger partial charge in [-0.15, -0.1) is 0 Å². The maximum absolute atomic E-state index is 12.7. The lowest BCUT2D eigenvalue weighted by Gasteiger charge is -2.37. The highest BCUT2D eigenvalue weighted by Crippen LogP contribution is 2.42. The summed E-state index contributed by atoms with van der Waals surface area (Å²) < 4.78 is 38.9. The highest BCUT2D eigenvalue weighted by atomic mass is 127. The average molecular weight is 421 g/mol. The first kappa shape index (κ1) is 16.1. The number of aliphatic hydroxyl groups is 1. The normalized spacial score (nSPS) is 27.4. The molecule has 8 heteroatoms. The minimum atomic E-state index is -4.56. The van der Waals surface area contributed by atoms with E-state index in [0.717, 1.165) is 9.26 Å². The fourth-order valence-corrected chi connectivity index (χ4v) is 2.88. The Morgan fingerprint density at radius 1 is 1.40 bits per heavy atom. The predicted octanol–water partition coefficient (Wildman–Crippen LogP) is 3.99. The number of nitrogens with zero attached hydrogens (tertiary/aromatic N) is 1. The van der Waals surface area contributed by atoms with Gasteiger partial charge in [0.1, 0.15) is 5.15 Å². The van der Waals surface area contributed by atoms with Gasteiger partial charge in [-0.2, -0.15) is 13.2 Å². The Morgan fingerprint density at radius 2 is 2.00 bits per heavy atom. The minimum absolute atomic E-state index is 0.107. The first-order valence-corrected chi connectivity index (χ1v) is 7.54. The van der Waals surface area contributed by atoms with Crippen LogP contribution in [-0.4, -0.2) is 27.9 Å². The summed E-state index contributed by atoms with van der Waals surface area (Å²) in [4.78, 5) is 3.92. The fourth-order valence-electron chi connectivity index (χ4n) is 2.27. The van der Waals surface area contributed by atoms with Crippen LogP contribution in [-0.2, 0) is 0 Å². The molecule has 112 valence electrons. The average Bonchev–Trinajstić information content (AvgIpc) is 2.35. The SMILES string of the molecule is OC1(C(F)(F)F)CCC(Nc2cc(Cl)ncc2I)CC1. The third kappa shape index (κ3) is 3.48. The summed E-state index contributed by atoms with van der Waals surface area (Å²) in [5.74, 6) is 0. The second-order valence-corrected chi connectivity index (χ2v) is 6.48. The minimum Gasteiger partial charge on any atom is -0.381 e. The zero-order valence-electron chi connectivity index (χ0n) is 10.3. The predicted molar refractivity (Wildman–Crippen MR) is 78.8 cm³/mol. The molecule has 1 aliphatic carbocycles. The van der Waals surface area contributed by atoms with Crippen molar-refractivity contribution in [3.05, 3.63) is 21.0 Å². The van der Waals surface area contributed by atoms with E-state index in [1.54, 1.807) is 12.3 Å². The van der Waals surface area contributed by atoms with Crippen LogP contribution in [0.4, 0.5) is 18.9 Å². The molecule has 1 aromatic rings. The molecular weight excluding hydrogens is 407 g/mol. The molecule has 1 saturated carbocycles. The van der Waals surface area contributed by atoms with Gasteiger partial charge in [0.05, 0.1) is 9.26 Å². The topological polar surface area (TPSA) is 45.1 Å². The number of halogens is 5. The highest BCUT2D eigenvalue weighted by Gasteiger charge is 2.54. The maximum atomic E-state index is 12.7. The van der Waals surface area contributed by atoms with Crippen LogP contribution in [0.1, 0.15) is 25.7 Å². The third-order valence-corrected chi connectivity index (χ3v) is 4.59. The number of pyridine rings is 1. The molecule has 0 bridgehead atoms. The van der Waals surface area contributed by atoms with E-state index in [2.05, 4.69) is 32.9 Å². The van der Waals surface area contributed by atoms with E-state index < -0.39 is 11.8 Å². The van der Waals surface area contributed by atoms with Gasteiger partial charge in [0.15, 0.2) is 5.60 Å². The van der Waals surface area contributed by atoms with Crippen LogP contribution in [0, 0.1) is 3.57 Å². The summed E-state index contributed by atoms with van der Waals surface area (Å²) >= 11 is 7.88. The highest BCUT2D eigenvalue weighted by molar-refractivity contribution is 14.1. The molecule has 1 aromatic heterocycles. The molecule has 0 spiro atoms. The van der Waals surface area contributed by atoms with Crippen molar-refractivity contribution in [1.82, 2.24) is 4.98 Å². The monoisotopic (exact) mass is 420 g/mol. The van der Waals surface area contributed by atoms with E-state index in [0.29, 0.717) is 5.15 Å². The number of hydrogen-bond donors (Lipinski definition) is 2. The molecule has 0 saturated heterocycles. The van der Waals surface area contributed by atoms with E-state index in [4.69, 9.17) is 11.6 Å². The lowest BCUT2D eigenvalue weighted by Crippen LogP contribution is -2.49. The fraction of sp³-hybridized carbons (Fsp3) is 0.583. The summed E-state index contributed by atoms with van der Waals surface area (Å²) in [6, 6.07) is 1.54. The Morgan fingerprint density at radius 3 is 2.55 bits per heavy atom. The lowest BCUT2D eigenvalue weighted by molar-refractivity contribution is -0.269. The van der Waals surface area contributed by atoms with Gasteiger partial charge in [-0.25, -0.2) is 4.98 Å². The van der Waals surface area contributed by atoms with Gasteiger partial charge in [-0.1, -0.05) is 11.6 Å². The Labute approximate surface area is 133 Å². The number of rotatable bonds is 2. The smallest absolute Gasteiger partial charge is 0.381 e. The van der Waals surface area contributed by atoms with Crippen LogP contribution in [0.3, 0.4) is 0 Å². The van der Waals surface area contributed by atoms with Gasteiger partial charge in [-0.05, 0) is 54.3 Å². The number of hydrogen-bond acceptors (Lipinski definition) is 3. The van der Waals surface area contributed by atoms with E-state index in [1.807, 2.05) is 0 Å². The van der Waals surface area contributed by atoms with Gasteiger partial charge in [0.25, 0.3) is 0 Å². The van der Waals surface area contributed by atoms with E-state index in [9.17, 15) is 18.3 Å². The first-order chi connectivity index (χ1) is 9.21. The Balaban J connectivity index is 2.00. The molecule has 0 unspecified atom stereocenters. The van der Waals surface area contributed by atoms with Crippen LogP contribution in [0.25, 0.3) is 0 Å². The van der Waals surface area contributed by atoms with Crippen molar-refractivity contribution >= 4 is 39.9 Å². The van der Waals surface area contributed by atoms with Crippen molar-refractivity contribution in [2.45, 2.75) is 43.5 Å². The summed E-state index contributed by atoms with van der Waals surface area (Å²) in [6.45, 7) is 0. The maximum Gasteiger partial charge on any atom is 0.417 e. The molecule has 0 amide bonds. The second-order valence-electron chi connectivity index (χ2n) is 4.93. The van der Waals surface area contributed by atoms with Gasteiger partial charge >= 0.3 is 6.18 Å². The Kier molecular flexibility index (Phi) is 4.70. The molecule has 0 aromatic carbocycles. The molecule has 1 fully saturated rings. The van der Waals surface area contributed by atoms with Crippen LogP contribution in [0.2, 0.25) is 5.15 Å². The van der Waals surface area contributed by atoms with E-state index >= 15 is 0 Å². The first-order valence-electron chi connectivity index (χ1n) is 6.08. The molecule has 1 heterocycles. The van der Waals surface area contributed by atoms with Crippen molar-refractivity contribution in [3.8, 4) is 0 Å². The molecule has 20 heavy (non-hydrogen) atoms. The third-order valence-electron chi connectivity index (χ3n) is 3.52. The number of nitrogens with one attached hydrogen (secondary N) is 1. The summed E-state index contributed by atoms with van der Waals surface area (Å²) in [6.07, 6.45) is -3.03. The van der Waals surface area contributed by atoms with Crippen LogP contribution < -0.4 is 5.32 Å². The largest absolute Gasteiger partial charge is 0.417 e. The molecule has 0 radical (unpaired) electrons. The zero-order chi connectivity index (χ0) is 15.0. The Bertz CT molecular complexity index is 490. The molecule has 3 nitrogen and oxygen atoms in total. The van der Waals surface area contributed by atoms with E-state index in [-0.39, 0.29) is 31.7 Å². The molecule has 2 rings (SSSR count). The quantitative estimate of drug-likeness (QED) is 0.562. The van der Waals surface area contributed by atoms with Crippen LogP contribution in [0.5, 0.6) is 0 Å².